The molecule has 3 amide bonds. The van der Waals surface area contributed by atoms with E-state index in [1.165, 1.54) is 0 Å². The Morgan fingerprint density at radius 2 is 1.90 bits per heavy atom. The van der Waals surface area contributed by atoms with E-state index in [4.69, 9.17) is 0 Å². The molecule has 7 nitrogen and oxygen atoms in total. The molecule has 1 saturated heterocycles. The zero-order chi connectivity index (χ0) is 16.2. The highest BCUT2D eigenvalue weighted by molar-refractivity contribution is 5.95. The van der Waals surface area contributed by atoms with Crippen molar-refractivity contribution in [2.45, 2.75) is 52.1 Å². The molecule has 21 heavy (non-hydrogen) atoms. The Bertz CT molecular complexity index is 417. The first-order chi connectivity index (χ1) is 9.60. The van der Waals surface area contributed by atoms with Crippen LogP contribution in [0.15, 0.2) is 0 Å². The van der Waals surface area contributed by atoms with E-state index in [2.05, 4.69) is 10.6 Å². The molecule has 0 spiro atoms. The number of carbonyl (C=O) groups is 3. The van der Waals surface area contributed by atoms with Gasteiger partial charge in [0.25, 0.3) is 0 Å². The predicted molar refractivity (Wildman–Crippen MR) is 77.8 cm³/mol. The summed E-state index contributed by atoms with van der Waals surface area (Å²) in [6, 6.07) is -1.24. The summed E-state index contributed by atoms with van der Waals surface area (Å²) in [5, 5.41) is 14.1. The van der Waals surface area contributed by atoms with Gasteiger partial charge in [-0.3, -0.25) is 19.8 Å². The van der Waals surface area contributed by atoms with Gasteiger partial charge in [0, 0.05) is 5.54 Å². The van der Waals surface area contributed by atoms with Crippen LogP contribution >= 0.6 is 0 Å². The molecule has 3 N–H and O–H groups in total. The van der Waals surface area contributed by atoms with E-state index in [0.717, 1.165) is 12.8 Å². The summed E-state index contributed by atoms with van der Waals surface area (Å²) in [6.45, 7) is 7.77. The number of aliphatic carboxylic acids is 1. The van der Waals surface area contributed by atoms with Crippen LogP contribution < -0.4 is 10.6 Å². The number of likely N-dealkylation sites (tertiary alicyclic amines) is 1. The summed E-state index contributed by atoms with van der Waals surface area (Å²) in [5.74, 6) is -1.42. The number of rotatable bonds is 3. The fourth-order valence-corrected chi connectivity index (χ4v) is 2.57. The molecule has 0 radical (unpaired) electrons. The average Bonchev–Trinajstić information content (AvgIpc) is 2.24. The van der Waals surface area contributed by atoms with Gasteiger partial charge in [0.1, 0.15) is 6.04 Å². The fraction of sp³-hybridized carbons (Fsp3) is 0.786. The van der Waals surface area contributed by atoms with Gasteiger partial charge in [0.05, 0.1) is 6.54 Å². The lowest BCUT2D eigenvalue weighted by molar-refractivity contribution is -0.147. The first kappa shape index (κ1) is 17.4. The fourth-order valence-electron chi connectivity index (χ4n) is 2.57. The molecule has 0 aromatic carbocycles. The van der Waals surface area contributed by atoms with Crippen molar-refractivity contribution in [3.8, 4) is 0 Å². The molecule has 1 aliphatic rings. The second-order valence-electron chi connectivity index (χ2n) is 6.63. The Labute approximate surface area is 125 Å². The SMILES string of the molecule is CC1CCCN(CC(=O)NC(=O)NC(C)(C)C)C1C(=O)O. The van der Waals surface area contributed by atoms with Gasteiger partial charge in [0.2, 0.25) is 5.91 Å². The summed E-state index contributed by atoms with van der Waals surface area (Å²) < 4.78 is 0. The Hall–Kier alpha value is -1.63. The molecule has 1 heterocycles. The normalized spacial score (nSPS) is 23.4. The Morgan fingerprint density at radius 1 is 1.29 bits per heavy atom. The lowest BCUT2D eigenvalue weighted by Crippen LogP contribution is -2.55. The van der Waals surface area contributed by atoms with Crippen LogP contribution in [0.4, 0.5) is 4.79 Å². The summed E-state index contributed by atoms with van der Waals surface area (Å²) in [7, 11) is 0. The third kappa shape index (κ3) is 5.71. The zero-order valence-electron chi connectivity index (χ0n) is 13.1. The molecule has 0 bridgehead atoms. The van der Waals surface area contributed by atoms with Crippen molar-refractivity contribution in [3.05, 3.63) is 0 Å². The van der Waals surface area contributed by atoms with Crippen LogP contribution in [0.5, 0.6) is 0 Å². The number of nitrogens with zero attached hydrogens (tertiary/aromatic N) is 1. The summed E-state index contributed by atoms with van der Waals surface area (Å²) >= 11 is 0. The lowest BCUT2D eigenvalue weighted by atomic mass is 9.91. The standard InChI is InChI=1S/C14H25N3O4/c1-9-6-5-7-17(11(9)12(19)20)8-10(18)15-13(21)16-14(2,3)4/h9,11H,5-8H2,1-4H3,(H,19,20)(H2,15,16,18,21). The molecule has 1 aliphatic heterocycles. The van der Waals surface area contributed by atoms with Crippen LogP contribution in [0.1, 0.15) is 40.5 Å². The van der Waals surface area contributed by atoms with Crippen LogP contribution in [0.25, 0.3) is 0 Å². The average molecular weight is 299 g/mol. The molecule has 2 unspecified atom stereocenters. The molecular weight excluding hydrogens is 274 g/mol. The maximum atomic E-state index is 11.9. The largest absolute Gasteiger partial charge is 0.480 e. The minimum atomic E-state index is -0.922. The van der Waals surface area contributed by atoms with Crippen LogP contribution in [-0.2, 0) is 9.59 Å². The van der Waals surface area contributed by atoms with Gasteiger partial charge in [-0.25, -0.2) is 4.79 Å². The van der Waals surface area contributed by atoms with Gasteiger partial charge in [-0.05, 0) is 46.1 Å². The van der Waals surface area contributed by atoms with E-state index < -0.39 is 29.5 Å². The smallest absolute Gasteiger partial charge is 0.321 e. The van der Waals surface area contributed by atoms with Gasteiger partial charge < -0.3 is 10.4 Å². The van der Waals surface area contributed by atoms with Crippen molar-refractivity contribution in [2.75, 3.05) is 13.1 Å². The second-order valence-corrected chi connectivity index (χ2v) is 6.63. The van der Waals surface area contributed by atoms with Crippen LogP contribution in [0.3, 0.4) is 0 Å². The highest BCUT2D eigenvalue weighted by Gasteiger charge is 2.35. The number of piperidine rings is 1. The van der Waals surface area contributed by atoms with Crippen molar-refractivity contribution in [3.63, 3.8) is 0 Å². The van der Waals surface area contributed by atoms with Gasteiger partial charge in [-0.2, -0.15) is 0 Å². The summed E-state index contributed by atoms with van der Waals surface area (Å²) in [5.41, 5.74) is -0.437. The number of amides is 3. The number of carbonyl (C=O) groups excluding carboxylic acids is 2. The molecule has 0 aromatic rings. The first-order valence-corrected chi connectivity index (χ1v) is 7.19. The molecule has 0 aromatic heterocycles. The van der Waals surface area contributed by atoms with Crippen molar-refractivity contribution in [2.24, 2.45) is 5.92 Å². The third-order valence-corrected chi connectivity index (χ3v) is 3.38. The van der Waals surface area contributed by atoms with Crippen molar-refractivity contribution < 1.29 is 19.5 Å². The number of carboxylic acid groups (broad SMARTS) is 1. The van der Waals surface area contributed by atoms with Crippen molar-refractivity contribution in [1.29, 1.82) is 0 Å². The van der Waals surface area contributed by atoms with Gasteiger partial charge in [0.15, 0.2) is 0 Å². The Morgan fingerprint density at radius 3 is 2.43 bits per heavy atom. The Balaban J connectivity index is 2.56. The Kier molecular flexibility index (Phi) is 5.71. The third-order valence-electron chi connectivity index (χ3n) is 3.38. The highest BCUT2D eigenvalue weighted by atomic mass is 16.4. The van der Waals surface area contributed by atoms with E-state index in [0.29, 0.717) is 6.54 Å². The molecule has 7 heteroatoms. The minimum Gasteiger partial charge on any atom is -0.480 e. The van der Waals surface area contributed by atoms with Gasteiger partial charge in [-0.1, -0.05) is 6.92 Å². The van der Waals surface area contributed by atoms with Crippen LogP contribution in [-0.4, -0.2) is 52.6 Å². The van der Waals surface area contributed by atoms with E-state index in [-0.39, 0.29) is 12.5 Å². The number of urea groups is 1. The highest BCUT2D eigenvalue weighted by Crippen LogP contribution is 2.23. The van der Waals surface area contributed by atoms with Gasteiger partial charge >= 0.3 is 12.0 Å². The molecule has 0 saturated carbocycles. The second kappa shape index (κ2) is 6.89. The number of carboxylic acids is 1. The maximum Gasteiger partial charge on any atom is 0.321 e. The number of imide groups is 1. The molecule has 2 atom stereocenters. The monoisotopic (exact) mass is 299 g/mol. The van der Waals surface area contributed by atoms with E-state index >= 15 is 0 Å². The van der Waals surface area contributed by atoms with Crippen LogP contribution in [0, 0.1) is 5.92 Å². The predicted octanol–water partition coefficient (Wildman–Crippen LogP) is 0.796. The number of hydrogen-bond donors (Lipinski definition) is 3. The number of hydrogen-bond acceptors (Lipinski definition) is 4. The van der Waals surface area contributed by atoms with Crippen LogP contribution in [0.2, 0.25) is 0 Å². The summed E-state index contributed by atoms with van der Waals surface area (Å²) in [4.78, 5) is 36.4. The molecular formula is C14H25N3O4. The molecule has 0 aliphatic carbocycles. The lowest BCUT2D eigenvalue weighted by Gasteiger charge is -2.36. The molecule has 1 rings (SSSR count). The van der Waals surface area contributed by atoms with Gasteiger partial charge in [-0.15, -0.1) is 0 Å². The first-order valence-electron chi connectivity index (χ1n) is 7.19. The minimum absolute atomic E-state index is 0.00699. The van der Waals surface area contributed by atoms with E-state index in [1.807, 2.05) is 27.7 Å². The van der Waals surface area contributed by atoms with Crippen molar-refractivity contribution in [1.82, 2.24) is 15.5 Å². The van der Waals surface area contributed by atoms with E-state index in [9.17, 15) is 19.5 Å². The quantitative estimate of drug-likeness (QED) is 0.716. The number of nitrogens with one attached hydrogen (secondary N) is 2. The maximum absolute atomic E-state index is 11.9. The zero-order valence-corrected chi connectivity index (χ0v) is 13.1. The summed E-state index contributed by atoms with van der Waals surface area (Å²) in [6.07, 6.45) is 1.69. The molecule has 120 valence electrons. The molecule has 1 fully saturated rings. The topological polar surface area (TPSA) is 98.7 Å². The van der Waals surface area contributed by atoms with E-state index in [1.54, 1.807) is 4.90 Å². The van der Waals surface area contributed by atoms with Crippen molar-refractivity contribution >= 4 is 17.9 Å².